The molecule has 20 heavy (non-hydrogen) atoms. The second-order valence-corrected chi connectivity index (χ2v) is 4.64. The number of pyridine rings is 1. The number of halogens is 1. The maximum absolute atomic E-state index is 13.2. The molecule has 0 bridgehead atoms. The summed E-state index contributed by atoms with van der Waals surface area (Å²) in [4.78, 5) is 16.3. The molecule has 0 fully saturated rings. The highest BCUT2D eigenvalue weighted by Crippen LogP contribution is 2.10. The van der Waals surface area contributed by atoms with E-state index in [2.05, 4.69) is 9.88 Å². The third-order valence-electron chi connectivity index (χ3n) is 3.09. The summed E-state index contributed by atoms with van der Waals surface area (Å²) in [5.74, 6) is -0.543. The fraction of sp³-hybridized carbons (Fsp3) is 0.267. The summed E-state index contributed by atoms with van der Waals surface area (Å²) in [7, 11) is 0. The van der Waals surface area contributed by atoms with Crippen molar-refractivity contribution in [3.63, 3.8) is 0 Å². The van der Waals surface area contributed by atoms with Crippen molar-refractivity contribution in [2.45, 2.75) is 20.0 Å². The highest BCUT2D eigenvalue weighted by molar-refractivity contribution is 5.19. The monoisotopic (exact) mass is 276 g/mol. The van der Waals surface area contributed by atoms with Gasteiger partial charge in [0.2, 0.25) is 5.43 Å². The first-order valence-corrected chi connectivity index (χ1v) is 6.46. The average molecular weight is 276 g/mol. The van der Waals surface area contributed by atoms with E-state index in [0.717, 1.165) is 12.1 Å². The SMILES string of the molecule is CCN(Cc1cccc(F)c1)Cc1cc(=O)c(O)c[nH]1. The molecular weight excluding hydrogens is 259 g/mol. The van der Waals surface area contributed by atoms with Crippen molar-refractivity contribution in [3.05, 3.63) is 63.8 Å². The van der Waals surface area contributed by atoms with Crippen molar-refractivity contribution in [2.24, 2.45) is 0 Å². The van der Waals surface area contributed by atoms with Gasteiger partial charge >= 0.3 is 0 Å². The highest BCUT2D eigenvalue weighted by Gasteiger charge is 2.07. The molecule has 1 aromatic carbocycles. The molecule has 4 nitrogen and oxygen atoms in total. The molecule has 0 atom stereocenters. The van der Waals surface area contributed by atoms with Crippen LogP contribution in [0.25, 0.3) is 0 Å². The fourth-order valence-electron chi connectivity index (χ4n) is 2.01. The lowest BCUT2D eigenvalue weighted by atomic mass is 10.2. The van der Waals surface area contributed by atoms with Gasteiger partial charge in [0.15, 0.2) is 5.75 Å². The molecule has 0 unspecified atom stereocenters. The minimum Gasteiger partial charge on any atom is -0.503 e. The molecule has 2 N–H and O–H groups in total. The number of H-pyrrole nitrogens is 1. The largest absolute Gasteiger partial charge is 0.503 e. The van der Waals surface area contributed by atoms with Gasteiger partial charge in [0, 0.05) is 31.0 Å². The number of rotatable bonds is 5. The van der Waals surface area contributed by atoms with Crippen LogP contribution in [0.3, 0.4) is 0 Å². The van der Waals surface area contributed by atoms with Gasteiger partial charge in [-0.1, -0.05) is 19.1 Å². The van der Waals surface area contributed by atoms with Gasteiger partial charge in [0.1, 0.15) is 5.82 Å². The fourth-order valence-corrected chi connectivity index (χ4v) is 2.01. The molecule has 5 heteroatoms. The molecule has 0 amide bonds. The second kappa shape index (κ2) is 6.34. The van der Waals surface area contributed by atoms with Gasteiger partial charge in [-0.3, -0.25) is 9.69 Å². The van der Waals surface area contributed by atoms with E-state index < -0.39 is 5.43 Å². The molecule has 2 rings (SSSR count). The molecule has 2 aromatic rings. The minimum absolute atomic E-state index is 0.253. The summed E-state index contributed by atoms with van der Waals surface area (Å²) in [5, 5.41) is 9.20. The van der Waals surface area contributed by atoms with E-state index in [4.69, 9.17) is 0 Å². The number of hydrogen-bond acceptors (Lipinski definition) is 3. The van der Waals surface area contributed by atoms with Crippen LogP contribution in [0.1, 0.15) is 18.2 Å². The van der Waals surface area contributed by atoms with Crippen LogP contribution in [0.4, 0.5) is 4.39 Å². The van der Waals surface area contributed by atoms with Crippen LogP contribution in [-0.4, -0.2) is 21.5 Å². The first-order chi connectivity index (χ1) is 9.58. The standard InChI is InChI=1S/C15H17FN2O2/c1-2-18(9-11-4-3-5-12(16)6-11)10-13-7-14(19)15(20)8-17-13/h3-8,20H,2,9-10H2,1H3,(H,17,19). The Morgan fingerprint density at radius 3 is 2.75 bits per heavy atom. The normalized spacial score (nSPS) is 10.9. The Bertz CT molecular complexity index is 640. The molecule has 0 aliphatic heterocycles. The molecule has 0 aliphatic carbocycles. The van der Waals surface area contributed by atoms with E-state index in [9.17, 15) is 14.3 Å². The molecule has 1 aromatic heterocycles. The zero-order chi connectivity index (χ0) is 14.5. The van der Waals surface area contributed by atoms with Crippen LogP contribution >= 0.6 is 0 Å². The molecule has 1 heterocycles. The summed E-state index contributed by atoms with van der Waals surface area (Å²) in [6.07, 6.45) is 1.29. The predicted molar refractivity (Wildman–Crippen MR) is 74.9 cm³/mol. The van der Waals surface area contributed by atoms with E-state index >= 15 is 0 Å². The second-order valence-electron chi connectivity index (χ2n) is 4.64. The van der Waals surface area contributed by atoms with Crippen LogP contribution in [0.5, 0.6) is 5.75 Å². The predicted octanol–water partition coefficient (Wildman–Crippen LogP) is 2.24. The molecule has 106 valence electrons. The Hall–Kier alpha value is -2.14. The first kappa shape index (κ1) is 14.3. The van der Waals surface area contributed by atoms with Gasteiger partial charge in [-0.25, -0.2) is 4.39 Å². The summed E-state index contributed by atoms with van der Waals surface area (Å²) >= 11 is 0. The first-order valence-electron chi connectivity index (χ1n) is 6.46. The third-order valence-corrected chi connectivity index (χ3v) is 3.09. The van der Waals surface area contributed by atoms with Crippen LogP contribution in [0.15, 0.2) is 41.3 Å². The Kier molecular flexibility index (Phi) is 4.53. The smallest absolute Gasteiger partial charge is 0.223 e. The average Bonchev–Trinajstić information content (AvgIpc) is 2.42. The lowest BCUT2D eigenvalue weighted by molar-refractivity contribution is 0.267. The number of aromatic hydroxyl groups is 1. The summed E-state index contributed by atoms with van der Waals surface area (Å²) in [6, 6.07) is 7.84. The van der Waals surface area contributed by atoms with Gasteiger partial charge in [-0.2, -0.15) is 0 Å². The van der Waals surface area contributed by atoms with Crippen molar-refractivity contribution >= 4 is 0 Å². The maximum Gasteiger partial charge on any atom is 0.223 e. The van der Waals surface area contributed by atoms with E-state index in [1.54, 1.807) is 6.07 Å². The number of aromatic amines is 1. The van der Waals surface area contributed by atoms with Crippen molar-refractivity contribution in [1.29, 1.82) is 0 Å². The summed E-state index contributed by atoms with van der Waals surface area (Å²) in [6.45, 7) is 3.89. The van der Waals surface area contributed by atoms with Crippen LogP contribution < -0.4 is 5.43 Å². The zero-order valence-corrected chi connectivity index (χ0v) is 11.3. The van der Waals surface area contributed by atoms with Crippen LogP contribution in [-0.2, 0) is 13.1 Å². The van der Waals surface area contributed by atoms with E-state index in [1.165, 1.54) is 24.4 Å². The lowest BCUT2D eigenvalue weighted by Crippen LogP contribution is -2.23. The van der Waals surface area contributed by atoms with Crippen molar-refractivity contribution in [2.75, 3.05) is 6.54 Å². The number of hydrogen-bond donors (Lipinski definition) is 2. The van der Waals surface area contributed by atoms with Gasteiger partial charge in [-0.15, -0.1) is 0 Å². The number of benzene rings is 1. The topological polar surface area (TPSA) is 56.3 Å². The van der Waals surface area contributed by atoms with Gasteiger partial charge < -0.3 is 10.1 Å². The quantitative estimate of drug-likeness (QED) is 0.880. The van der Waals surface area contributed by atoms with Gasteiger partial charge in [-0.05, 0) is 24.2 Å². The summed E-state index contributed by atoms with van der Waals surface area (Å²) < 4.78 is 13.2. The van der Waals surface area contributed by atoms with Gasteiger partial charge in [0.05, 0.1) is 0 Å². The minimum atomic E-state index is -0.402. The maximum atomic E-state index is 13.2. The molecule has 0 aliphatic rings. The van der Waals surface area contributed by atoms with Crippen molar-refractivity contribution < 1.29 is 9.50 Å². The van der Waals surface area contributed by atoms with Crippen molar-refractivity contribution in [1.82, 2.24) is 9.88 Å². The Morgan fingerprint density at radius 2 is 2.10 bits per heavy atom. The van der Waals surface area contributed by atoms with E-state index in [-0.39, 0.29) is 11.6 Å². The Labute approximate surface area is 116 Å². The van der Waals surface area contributed by atoms with Gasteiger partial charge in [0.25, 0.3) is 0 Å². The molecule has 0 saturated carbocycles. The third kappa shape index (κ3) is 3.68. The lowest BCUT2D eigenvalue weighted by Gasteiger charge is -2.20. The molecule has 0 radical (unpaired) electrons. The number of nitrogens with one attached hydrogen (secondary N) is 1. The Balaban J connectivity index is 2.09. The zero-order valence-electron chi connectivity index (χ0n) is 11.3. The van der Waals surface area contributed by atoms with E-state index in [1.807, 2.05) is 13.0 Å². The van der Waals surface area contributed by atoms with Crippen molar-refractivity contribution in [3.8, 4) is 5.75 Å². The number of nitrogens with zero attached hydrogens (tertiary/aromatic N) is 1. The van der Waals surface area contributed by atoms with E-state index in [0.29, 0.717) is 18.8 Å². The Morgan fingerprint density at radius 1 is 1.30 bits per heavy atom. The van der Waals surface area contributed by atoms with Crippen LogP contribution in [0, 0.1) is 5.82 Å². The molecule has 0 saturated heterocycles. The highest BCUT2D eigenvalue weighted by atomic mass is 19.1. The number of aromatic nitrogens is 1. The molecular formula is C15H17FN2O2. The van der Waals surface area contributed by atoms with Crippen LogP contribution in [0.2, 0.25) is 0 Å². The molecule has 0 spiro atoms. The summed E-state index contributed by atoms with van der Waals surface area (Å²) in [5.41, 5.74) is 1.19.